The first-order valence-electron chi connectivity index (χ1n) is 9.22. The highest BCUT2D eigenvalue weighted by atomic mass is 16.5. The van der Waals surface area contributed by atoms with Crippen LogP contribution in [0.15, 0.2) is 24.3 Å². The number of hydrogen-bond acceptors (Lipinski definition) is 8. The van der Waals surface area contributed by atoms with Crippen molar-refractivity contribution in [2.45, 2.75) is 13.8 Å². The Balaban J connectivity index is 2.91. The first kappa shape index (κ1) is 23.5. The lowest BCUT2D eigenvalue weighted by Gasteiger charge is -2.17. The highest BCUT2D eigenvalue weighted by molar-refractivity contribution is 6.19. The molecule has 0 heterocycles. The van der Waals surface area contributed by atoms with Crippen molar-refractivity contribution >= 4 is 23.6 Å². The summed E-state index contributed by atoms with van der Waals surface area (Å²) in [7, 11) is 5.20. The molecule has 1 N–H and O–H groups in total. The smallest absolute Gasteiger partial charge is 0.338 e. The van der Waals surface area contributed by atoms with Gasteiger partial charge in [-0.1, -0.05) is 12.2 Å². The van der Waals surface area contributed by atoms with Gasteiger partial charge in [-0.15, -0.1) is 0 Å². The Morgan fingerprint density at radius 3 is 2.06 bits per heavy atom. The van der Waals surface area contributed by atoms with Crippen molar-refractivity contribution in [2.24, 2.45) is 0 Å². The number of benzene rings is 2. The van der Waals surface area contributed by atoms with E-state index in [0.29, 0.717) is 5.56 Å². The van der Waals surface area contributed by atoms with E-state index in [1.807, 2.05) is 0 Å². The third-order valence-electron chi connectivity index (χ3n) is 4.62. The van der Waals surface area contributed by atoms with Gasteiger partial charge in [0.15, 0.2) is 17.3 Å². The zero-order valence-electron chi connectivity index (χ0n) is 18.2. The zero-order chi connectivity index (χ0) is 23.3. The van der Waals surface area contributed by atoms with Crippen LogP contribution in [0.1, 0.15) is 56.0 Å². The molecule has 0 amide bonds. The van der Waals surface area contributed by atoms with Crippen LogP contribution in [0.2, 0.25) is 0 Å². The Bertz CT molecular complexity index is 1070. The van der Waals surface area contributed by atoms with Crippen molar-refractivity contribution in [3.05, 3.63) is 52.1 Å². The molecule has 0 fully saturated rings. The molecule has 0 saturated carbocycles. The number of phenolic OH excluding ortho intramolecular Hbond substituents is 1. The molecular weight excluding hydrogens is 404 g/mol. The number of esters is 1. The summed E-state index contributed by atoms with van der Waals surface area (Å²) in [6.45, 7) is 3.07. The SMILES string of the molecule is CC=Cc1c(C(C)=O)cc(C(=O)c2c(OC)cc(OC)cc2C(=O)OC)c(O)c1OC. The molecule has 0 saturated heterocycles. The predicted molar refractivity (Wildman–Crippen MR) is 114 cm³/mol. The molecule has 2 aromatic carbocycles. The van der Waals surface area contributed by atoms with Crippen molar-refractivity contribution in [1.29, 1.82) is 0 Å². The highest BCUT2D eigenvalue weighted by Gasteiger charge is 2.30. The fraction of sp³-hybridized carbons (Fsp3) is 0.261. The molecule has 0 spiro atoms. The van der Waals surface area contributed by atoms with Crippen LogP contribution in [0.3, 0.4) is 0 Å². The average Bonchev–Trinajstić information content (AvgIpc) is 2.77. The van der Waals surface area contributed by atoms with E-state index >= 15 is 0 Å². The monoisotopic (exact) mass is 428 g/mol. The third-order valence-corrected chi connectivity index (χ3v) is 4.62. The van der Waals surface area contributed by atoms with E-state index in [-0.39, 0.29) is 45.3 Å². The first-order valence-corrected chi connectivity index (χ1v) is 9.22. The number of rotatable bonds is 8. The second-order valence-corrected chi connectivity index (χ2v) is 6.40. The highest BCUT2D eigenvalue weighted by Crippen LogP contribution is 2.40. The van der Waals surface area contributed by atoms with E-state index in [2.05, 4.69) is 0 Å². The van der Waals surface area contributed by atoms with Gasteiger partial charge in [-0.05, 0) is 26.0 Å². The fourth-order valence-corrected chi connectivity index (χ4v) is 3.17. The Morgan fingerprint density at radius 1 is 0.903 bits per heavy atom. The number of carbonyl (C=O) groups excluding carboxylic acids is 3. The number of ketones is 2. The summed E-state index contributed by atoms with van der Waals surface area (Å²) in [5.41, 5.74) is -0.00156. The number of Topliss-reactive ketones (excluding diaryl/α,β-unsaturated/α-hetero) is 1. The van der Waals surface area contributed by atoms with E-state index in [1.165, 1.54) is 53.6 Å². The molecule has 0 aliphatic rings. The van der Waals surface area contributed by atoms with Crippen LogP contribution in [0.25, 0.3) is 6.08 Å². The van der Waals surface area contributed by atoms with Gasteiger partial charge in [-0.25, -0.2) is 4.79 Å². The Hall–Kier alpha value is -3.81. The molecule has 0 aliphatic heterocycles. The van der Waals surface area contributed by atoms with Crippen LogP contribution in [-0.2, 0) is 4.74 Å². The maximum atomic E-state index is 13.5. The molecule has 2 aromatic rings. The Morgan fingerprint density at radius 2 is 1.58 bits per heavy atom. The molecule has 8 heteroatoms. The van der Waals surface area contributed by atoms with Gasteiger partial charge in [-0.2, -0.15) is 0 Å². The van der Waals surface area contributed by atoms with Crippen molar-refractivity contribution in [2.75, 3.05) is 28.4 Å². The van der Waals surface area contributed by atoms with E-state index in [4.69, 9.17) is 18.9 Å². The van der Waals surface area contributed by atoms with Crippen LogP contribution in [0.5, 0.6) is 23.0 Å². The molecule has 0 aliphatic carbocycles. The lowest BCUT2D eigenvalue weighted by molar-refractivity contribution is 0.0596. The van der Waals surface area contributed by atoms with E-state index in [0.717, 1.165) is 0 Å². The van der Waals surface area contributed by atoms with Crippen molar-refractivity contribution < 1.29 is 38.4 Å². The van der Waals surface area contributed by atoms with Gasteiger partial charge in [-0.3, -0.25) is 9.59 Å². The molecule has 0 atom stereocenters. The largest absolute Gasteiger partial charge is 0.504 e. The molecule has 0 radical (unpaired) electrons. The minimum Gasteiger partial charge on any atom is -0.504 e. The zero-order valence-corrected chi connectivity index (χ0v) is 18.2. The molecule has 0 aromatic heterocycles. The first-order chi connectivity index (χ1) is 14.7. The molecule has 8 nitrogen and oxygen atoms in total. The minimum atomic E-state index is -0.802. The summed E-state index contributed by atoms with van der Waals surface area (Å²) in [6.07, 6.45) is 3.27. The number of allylic oxidation sites excluding steroid dienone is 1. The van der Waals surface area contributed by atoms with E-state index in [9.17, 15) is 19.5 Å². The summed E-state index contributed by atoms with van der Waals surface area (Å²) in [6, 6.07) is 4.02. The summed E-state index contributed by atoms with van der Waals surface area (Å²) >= 11 is 0. The standard InChI is InChI=1S/C23H24O8/c1-7-8-14-15(12(2)24)11-17(21(26)22(14)30-5)20(25)19-16(23(27)31-6)9-13(28-3)10-18(19)29-4/h7-11,26H,1-6H3. The van der Waals surface area contributed by atoms with Gasteiger partial charge in [0.2, 0.25) is 5.78 Å². The normalized spacial score (nSPS) is 10.6. The van der Waals surface area contributed by atoms with Crippen molar-refractivity contribution in [3.63, 3.8) is 0 Å². The maximum absolute atomic E-state index is 13.5. The van der Waals surface area contributed by atoms with Crippen LogP contribution < -0.4 is 14.2 Å². The average molecular weight is 428 g/mol. The topological polar surface area (TPSA) is 108 Å². The number of aromatic hydroxyl groups is 1. The lowest BCUT2D eigenvalue weighted by atomic mass is 9.91. The van der Waals surface area contributed by atoms with Gasteiger partial charge < -0.3 is 24.1 Å². The maximum Gasteiger partial charge on any atom is 0.338 e. The van der Waals surface area contributed by atoms with Gasteiger partial charge in [0.05, 0.1) is 45.1 Å². The number of ether oxygens (including phenoxy) is 4. The number of hydrogen-bond donors (Lipinski definition) is 1. The molecule has 31 heavy (non-hydrogen) atoms. The second kappa shape index (κ2) is 9.80. The van der Waals surface area contributed by atoms with Gasteiger partial charge in [0.25, 0.3) is 0 Å². The third kappa shape index (κ3) is 4.37. The molecule has 0 bridgehead atoms. The number of methoxy groups -OCH3 is 4. The molecule has 0 unspecified atom stereocenters. The van der Waals surface area contributed by atoms with E-state index in [1.54, 1.807) is 19.1 Å². The summed E-state index contributed by atoms with van der Waals surface area (Å²) in [5.74, 6) is -2.11. The van der Waals surface area contributed by atoms with Gasteiger partial charge in [0, 0.05) is 17.2 Å². The van der Waals surface area contributed by atoms with Crippen molar-refractivity contribution in [3.8, 4) is 23.0 Å². The van der Waals surface area contributed by atoms with Crippen LogP contribution in [0.4, 0.5) is 0 Å². The summed E-state index contributed by atoms with van der Waals surface area (Å²) < 4.78 is 20.6. The number of phenols is 1. The number of carbonyl (C=O) groups is 3. The lowest BCUT2D eigenvalue weighted by Crippen LogP contribution is -2.15. The fourth-order valence-electron chi connectivity index (χ4n) is 3.17. The van der Waals surface area contributed by atoms with Crippen LogP contribution in [-0.4, -0.2) is 51.1 Å². The predicted octanol–water partition coefficient (Wildman–Crippen LogP) is 3.67. The van der Waals surface area contributed by atoms with E-state index < -0.39 is 17.5 Å². The van der Waals surface area contributed by atoms with Gasteiger partial charge in [0.1, 0.15) is 11.5 Å². The summed E-state index contributed by atoms with van der Waals surface area (Å²) in [5, 5.41) is 10.8. The van der Waals surface area contributed by atoms with Gasteiger partial charge >= 0.3 is 5.97 Å². The Kier molecular flexibility index (Phi) is 7.42. The second-order valence-electron chi connectivity index (χ2n) is 6.40. The Labute approximate surface area is 180 Å². The quantitative estimate of drug-likeness (QED) is 0.501. The summed E-state index contributed by atoms with van der Waals surface area (Å²) in [4.78, 5) is 38.2. The molecule has 164 valence electrons. The molecular formula is C23H24O8. The van der Waals surface area contributed by atoms with Crippen LogP contribution in [0, 0.1) is 0 Å². The van der Waals surface area contributed by atoms with Crippen molar-refractivity contribution in [1.82, 2.24) is 0 Å². The molecule has 2 rings (SSSR count). The minimum absolute atomic E-state index is 0.0324. The van der Waals surface area contributed by atoms with Crippen LogP contribution >= 0.6 is 0 Å².